The van der Waals surface area contributed by atoms with Crippen molar-refractivity contribution in [2.45, 2.75) is 19.4 Å². The van der Waals surface area contributed by atoms with E-state index in [4.69, 9.17) is 5.21 Å². The molecule has 0 heterocycles. The lowest BCUT2D eigenvalue weighted by Gasteiger charge is -2.35. The molecule has 0 unspecified atom stereocenters. The number of carbonyl (C=O) groups excluding carboxylic acids is 2. The van der Waals surface area contributed by atoms with Crippen molar-refractivity contribution in [2.75, 3.05) is 5.32 Å². The molecule has 0 aromatic heterocycles. The van der Waals surface area contributed by atoms with Gasteiger partial charge in [0.1, 0.15) is 0 Å². The second kappa shape index (κ2) is 7.96. The molecule has 0 aliphatic heterocycles. The van der Waals surface area contributed by atoms with E-state index in [1.54, 1.807) is 68.4 Å². The summed E-state index contributed by atoms with van der Waals surface area (Å²) in [4.78, 5) is 25.1. The van der Waals surface area contributed by atoms with Gasteiger partial charge >= 0.3 is 6.03 Å². The summed E-state index contributed by atoms with van der Waals surface area (Å²) in [5.41, 5.74) is 2.46. The molecule has 0 bridgehead atoms. The smallest absolute Gasteiger partial charge is 0.341 e. The Balaban J connectivity index is 2.24. The Bertz CT molecular complexity index is 745. The van der Waals surface area contributed by atoms with E-state index >= 15 is 0 Å². The summed E-state index contributed by atoms with van der Waals surface area (Å²) in [6, 6.07) is 16.8. The molecule has 0 spiro atoms. The van der Waals surface area contributed by atoms with Crippen LogP contribution in [0, 0.1) is 0 Å². The van der Waals surface area contributed by atoms with Gasteiger partial charge in [0.05, 0.1) is 11.8 Å². The number of benzene rings is 2. The van der Waals surface area contributed by atoms with Crippen LogP contribution < -0.4 is 10.7 Å². The molecule has 130 valence electrons. The highest BCUT2D eigenvalue weighted by Crippen LogP contribution is 2.14. The molecule has 25 heavy (non-hydrogen) atoms. The first-order valence-corrected chi connectivity index (χ1v) is 7.65. The maximum absolute atomic E-state index is 12.7. The number of carbonyl (C=O) groups is 2. The number of amides is 3. The highest BCUT2D eigenvalue weighted by molar-refractivity contribution is 5.98. The summed E-state index contributed by atoms with van der Waals surface area (Å²) < 4.78 is 0. The van der Waals surface area contributed by atoms with E-state index in [1.807, 2.05) is 6.07 Å². The van der Waals surface area contributed by atoms with E-state index in [9.17, 15) is 9.59 Å². The van der Waals surface area contributed by atoms with Crippen LogP contribution in [0.4, 0.5) is 10.5 Å². The van der Waals surface area contributed by atoms with Gasteiger partial charge < -0.3 is 10.5 Å². The maximum atomic E-state index is 12.7. The normalized spacial score (nSPS) is 11.1. The van der Waals surface area contributed by atoms with Gasteiger partial charge in [0.15, 0.2) is 0 Å². The molecule has 0 atom stereocenters. The molecule has 2 aromatic rings. The fourth-order valence-electron chi connectivity index (χ4n) is 2.11. The number of anilines is 1. The molecule has 0 radical (unpaired) electrons. The number of hydrazine groups is 1. The van der Waals surface area contributed by atoms with Crippen molar-refractivity contribution in [3.8, 4) is 0 Å². The van der Waals surface area contributed by atoms with E-state index in [0.29, 0.717) is 11.3 Å². The largest absolute Gasteiger partial charge is 0.411 e. The fraction of sp³-hybridized carbons (Fsp3) is 0.167. The standard InChI is InChI=1S/C18H20N4O3/c1-18(2,13-19-25)22(17(24)20-15-11-7-4-8-12-15)21-16(23)14-9-5-3-6-10-14/h3-13,25H,1-2H3,(H,20,24)(H,21,23). The van der Waals surface area contributed by atoms with Crippen molar-refractivity contribution >= 4 is 23.8 Å². The van der Waals surface area contributed by atoms with Crippen LogP contribution in [0.25, 0.3) is 0 Å². The topological polar surface area (TPSA) is 94.0 Å². The molecule has 0 aliphatic rings. The summed E-state index contributed by atoms with van der Waals surface area (Å²) in [6.07, 6.45) is 1.16. The summed E-state index contributed by atoms with van der Waals surface area (Å²) in [5, 5.41) is 15.6. The van der Waals surface area contributed by atoms with Gasteiger partial charge in [0, 0.05) is 11.3 Å². The summed E-state index contributed by atoms with van der Waals surface area (Å²) in [6.45, 7) is 3.26. The van der Waals surface area contributed by atoms with Crippen LogP contribution in [0.3, 0.4) is 0 Å². The number of urea groups is 1. The van der Waals surface area contributed by atoms with Crippen molar-refractivity contribution in [3.05, 3.63) is 66.2 Å². The van der Waals surface area contributed by atoms with Crippen molar-refractivity contribution in [3.63, 3.8) is 0 Å². The van der Waals surface area contributed by atoms with Crippen molar-refractivity contribution in [1.29, 1.82) is 0 Å². The third-order valence-corrected chi connectivity index (χ3v) is 3.43. The van der Waals surface area contributed by atoms with Crippen LogP contribution in [0.1, 0.15) is 24.2 Å². The molecule has 0 aliphatic carbocycles. The Morgan fingerprint density at radius 3 is 2.16 bits per heavy atom. The second-order valence-electron chi connectivity index (χ2n) is 5.84. The zero-order valence-electron chi connectivity index (χ0n) is 14.0. The molecule has 3 N–H and O–H groups in total. The van der Waals surface area contributed by atoms with Crippen LogP contribution in [0.5, 0.6) is 0 Å². The number of oxime groups is 1. The lowest BCUT2D eigenvalue weighted by atomic mass is 10.1. The number of hydrogen-bond donors (Lipinski definition) is 3. The van der Waals surface area contributed by atoms with Gasteiger partial charge in [-0.2, -0.15) is 0 Å². The Kier molecular flexibility index (Phi) is 5.73. The predicted molar refractivity (Wildman–Crippen MR) is 95.6 cm³/mol. The van der Waals surface area contributed by atoms with Crippen molar-refractivity contribution < 1.29 is 14.8 Å². The fourth-order valence-corrected chi connectivity index (χ4v) is 2.11. The zero-order chi connectivity index (χ0) is 18.3. The molecule has 0 fully saturated rings. The van der Waals surface area contributed by atoms with Gasteiger partial charge in [0.2, 0.25) is 0 Å². The third-order valence-electron chi connectivity index (χ3n) is 3.43. The maximum Gasteiger partial charge on any atom is 0.341 e. The number of nitrogens with zero attached hydrogens (tertiary/aromatic N) is 2. The molecule has 0 saturated carbocycles. The second-order valence-corrected chi connectivity index (χ2v) is 5.84. The summed E-state index contributed by atoms with van der Waals surface area (Å²) in [5.74, 6) is -0.455. The first kappa shape index (κ1) is 18.0. The molecule has 0 saturated heterocycles. The van der Waals surface area contributed by atoms with E-state index in [2.05, 4.69) is 15.9 Å². The van der Waals surface area contributed by atoms with Crippen molar-refractivity contribution in [1.82, 2.24) is 10.4 Å². The van der Waals surface area contributed by atoms with Crippen LogP contribution in [0.15, 0.2) is 65.8 Å². The average molecular weight is 340 g/mol. The van der Waals surface area contributed by atoms with Gasteiger partial charge in [-0.25, -0.2) is 9.80 Å². The van der Waals surface area contributed by atoms with Gasteiger partial charge in [-0.3, -0.25) is 10.2 Å². The van der Waals surface area contributed by atoms with Gasteiger partial charge in [0.25, 0.3) is 5.91 Å². The molecular weight excluding hydrogens is 320 g/mol. The molecule has 3 amide bonds. The Hall–Kier alpha value is -3.35. The number of rotatable bonds is 4. The van der Waals surface area contributed by atoms with Crippen LogP contribution in [-0.2, 0) is 0 Å². The Morgan fingerprint density at radius 1 is 1.04 bits per heavy atom. The molecule has 7 heteroatoms. The average Bonchev–Trinajstić information content (AvgIpc) is 2.60. The Labute approximate surface area is 145 Å². The van der Waals surface area contributed by atoms with E-state index in [1.165, 1.54) is 0 Å². The SMILES string of the molecule is CC(C)(C=NO)N(NC(=O)c1ccccc1)C(=O)Nc1ccccc1. The van der Waals surface area contributed by atoms with E-state index < -0.39 is 17.5 Å². The van der Waals surface area contributed by atoms with Gasteiger partial charge in [-0.15, -0.1) is 0 Å². The molecule has 7 nitrogen and oxygen atoms in total. The van der Waals surface area contributed by atoms with E-state index in [-0.39, 0.29) is 0 Å². The minimum Gasteiger partial charge on any atom is -0.411 e. The monoisotopic (exact) mass is 340 g/mol. The van der Waals surface area contributed by atoms with Crippen LogP contribution >= 0.6 is 0 Å². The lowest BCUT2D eigenvalue weighted by molar-refractivity contribution is 0.0755. The quantitative estimate of drug-likeness (QED) is 0.453. The Morgan fingerprint density at radius 2 is 1.60 bits per heavy atom. The number of nitrogens with one attached hydrogen (secondary N) is 2. The molecular formula is C18H20N4O3. The first-order chi connectivity index (χ1) is 11.9. The van der Waals surface area contributed by atoms with Gasteiger partial charge in [-0.05, 0) is 38.1 Å². The summed E-state index contributed by atoms with van der Waals surface area (Å²) >= 11 is 0. The molecule has 2 aromatic carbocycles. The third kappa shape index (κ3) is 4.81. The highest BCUT2D eigenvalue weighted by Gasteiger charge is 2.32. The number of para-hydroxylation sites is 1. The highest BCUT2D eigenvalue weighted by atomic mass is 16.4. The van der Waals surface area contributed by atoms with Crippen molar-refractivity contribution in [2.24, 2.45) is 5.16 Å². The van der Waals surface area contributed by atoms with Crippen LogP contribution in [-0.4, -0.2) is 33.9 Å². The summed E-state index contributed by atoms with van der Waals surface area (Å²) in [7, 11) is 0. The zero-order valence-corrected chi connectivity index (χ0v) is 14.0. The minimum absolute atomic E-state index is 0.400. The first-order valence-electron chi connectivity index (χ1n) is 7.65. The minimum atomic E-state index is -1.07. The molecule has 2 rings (SSSR count). The van der Waals surface area contributed by atoms with Gasteiger partial charge in [-0.1, -0.05) is 41.6 Å². The van der Waals surface area contributed by atoms with Crippen LogP contribution in [0.2, 0.25) is 0 Å². The predicted octanol–water partition coefficient (Wildman–Crippen LogP) is 3.10. The van der Waals surface area contributed by atoms with E-state index in [0.717, 1.165) is 11.2 Å². The lowest BCUT2D eigenvalue weighted by Crippen LogP contribution is -2.59. The number of hydrogen-bond acceptors (Lipinski definition) is 4.